The number of ether oxygens (including phenoxy) is 1. The molecule has 0 amide bonds. The summed E-state index contributed by atoms with van der Waals surface area (Å²) in [7, 11) is 1.40. The minimum Gasteiger partial charge on any atom is -0.466 e. The van der Waals surface area contributed by atoms with Crippen LogP contribution in [0.4, 0.5) is 0 Å². The first-order valence-electron chi connectivity index (χ1n) is 4.79. The third kappa shape index (κ3) is 3.49. The van der Waals surface area contributed by atoms with E-state index in [1.54, 1.807) is 0 Å². The topological polar surface area (TPSA) is 29.5 Å². The summed E-state index contributed by atoms with van der Waals surface area (Å²) >= 11 is 0. The molecule has 0 aromatic carbocycles. The molecule has 13 heavy (non-hydrogen) atoms. The molecule has 3 heteroatoms. The third-order valence-corrected chi connectivity index (χ3v) is 2.10. The molecule has 1 rings (SSSR count). The second kappa shape index (κ2) is 4.90. The van der Waals surface area contributed by atoms with Gasteiger partial charge in [-0.25, -0.2) is 4.79 Å². The first kappa shape index (κ1) is 10.1. The smallest absolute Gasteiger partial charge is 0.331 e. The Bertz CT molecular complexity index is 197. The number of hydrogen-bond acceptors (Lipinski definition) is 3. The Balaban J connectivity index is 2.36. The summed E-state index contributed by atoms with van der Waals surface area (Å²) in [5.41, 5.74) is 0. The van der Waals surface area contributed by atoms with Crippen LogP contribution in [-0.2, 0) is 9.53 Å². The van der Waals surface area contributed by atoms with Gasteiger partial charge in [-0.15, -0.1) is 0 Å². The molecule has 1 saturated carbocycles. The molecule has 0 aromatic rings. The Hall–Kier alpha value is -0.990. The van der Waals surface area contributed by atoms with Crippen LogP contribution in [0.3, 0.4) is 0 Å². The van der Waals surface area contributed by atoms with Crippen LogP contribution in [0.2, 0.25) is 0 Å². The summed E-state index contributed by atoms with van der Waals surface area (Å²) in [5, 5.41) is 0. The van der Waals surface area contributed by atoms with Crippen molar-refractivity contribution in [3.63, 3.8) is 0 Å². The Morgan fingerprint density at radius 1 is 1.62 bits per heavy atom. The van der Waals surface area contributed by atoms with Gasteiger partial charge in [-0.1, -0.05) is 6.92 Å². The number of methoxy groups -OCH3 is 1. The van der Waals surface area contributed by atoms with Crippen LogP contribution in [0.1, 0.15) is 26.2 Å². The van der Waals surface area contributed by atoms with E-state index in [9.17, 15) is 4.79 Å². The SMILES string of the molecule is CCCN(C=CC(=O)OC)C1CC1. The zero-order chi connectivity index (χ0) is 9.68. The highest BCUT2D eigenvalue weighted by Gasteiger charge is 2.26. The number of carbonyl (C=O) groups is 1. The largest absolute Gasteiger partial charge is 0.466 e. The molecule has 74 valence electrons. The predicted octanol–water partition coefficient (Wildman–Crippen LogP) is 1.55. The molecule has 0 unspecified atom stereocenters. The summed E-state index contributed by atoms with van der Waals surface area (Å²) in [6.07, 6.45) is 6.97. The van der Waals surface area contributed by atoms with E-state index in [4.69, 9.17) is 0 Å². The van der Waals surface area contributed by atoms with Crippen molar-refractivity contribution in [1.82, 2.24) is 4.90 Å². The van der Waals surface area contributed by atoms with Gasteiger partial charge < -0.3 is 9.64 Å². The average Bonchev–Trinajstić information content (AvgIpc) is 2.94. The van der Waals surface area contributed by atoms with Gasteiger partial charge in [0.25, 0.3) is 0 Å². The van der Waals surface area contributed by atoms with Crippen molar-refractivity contribution in [2.45, 2.75) is 32.2 Å². The summed E-state index contributed by atoms with van der Waals surface area (Å²) in [4.78, 5) is 13.0. The van der Waals surface area contributed by atoms with Gasteiger partial charge in [-0.3, -0.25) is 0 Å². The third-order valence-electron chi connectivity index (χ3n) is 2.10. The van der Waals surface area contributed by atoms with E-state index in [-0.39, 0.29) is 5.97 Å². The van der Waals surface area contributed by atoms with E-state index < -0.39 is 0 Å². The van der Waals surface area contributed by atoms with Crippen molar-refractivity contribution in [3.05, 3.63) is 12.3 Å². The minimum atomic E-state index is -0.276. The molecule has 0 radical (unpaired) electrons. The number of hydrogen-bond donors (Lipinski definition) is 0. The van der Waals surface area contributed by atoms with Crippen LogP contribution in [0, 0.1) is 0 Å². The normalized spacial score (nSPS) is 16.2. The molecule has 0 heterocycles. The average molecular weight is 183 g/mol. The van der Waals surface area contributed by atoms with Crippen LogP contribution in [0.25, 0.3) is 0 Å². The second-order valence-electron chi connectivity index (χ2n) is 3.31. The maximum atomic E-state index is 10.8. The first-order valence-corrected chi connectivity index (χ1v) is 4.79. The number of rotatable bonds is 5. The lowest BCUT2D eigenvalue weighted by Gasteiger charge is -2.18. The zero-order valence-electron chi connectivity index (χ0n) is 8.32. The standard InChI is InChI=1S/C10H17NO2/c1-3-7-11(9-4-5-9)8-6-10(12)13-2/h6,8-9H,3-5,7H2,1-2H3. The van der Waals surface area contributed by atoms with Crippen LogP contribution < -0.4 is 0 Å². The molecule has 1 aliphatic carbocycles. The molecule has 3 nitrogen and oxygen atoms in total. The monoisotopic (exact) mass is 183 g/mol. The van der Waals surface area contributed by atoms with Gasteiger partial charge >= 0.3 is 5.97 Å². The van der Waals surface area contributed by atoms with E-state index in [2.05, 4.69) is 16.6 Å². The highest BCUT2D eigenvalue weighted by atomic mass is 16.5. The lowest BCUT2D eigenvalue weighted by atomic mass is 10.4. The zero-order valence-corrected chi connectivity index (χ0v) is 8.32. The Morgan fingerprint density at radius 3 is 2.77 bits per heavy atom. The van der Waals surface area contributed by atoms with Gasteiger partial charge in [0.1, 0.15) is 0 Å². The maximum Gasteiger partial charge on any atom is 0.331 e. The fraction of sp³-hybridized carbons (Fsp3) is 0.700. The van der Waals surface area contributed by atoms with Crippen molar-refractivity contribution in [1.29, 1.82) is 0 Å². The summed E-state index contributed by atoms with van der Waals surface area (Å²) in [6, 6.07) is 0.667. The molecular weight excluding hydrogens is 166 g/mol. The molecule has 0 bridgehead atoms. The highest BCUT2D eigenvalue weighted by molar-refractivity contribution is 5.81. The molecule has 0 aromatic heterocycles. The molecule has 1 aliphatic rings. The van der Waals surface area contributed by atoms with Crippen molar-refractivity contribution in [2.24, 2.45) is 0 Å². The van der Waals surface area contributed by atoms with Gasteiger partial charge in [-0.05, 0) is 19.3 Å². The molecule has 0 N–H and O–H groups in total. The number of nitrogens with zero attached hydrogens (tertiary/aromatic N) is 1. The molecule has 0 aliphatic heterocycles. The Kier molecular flexibility index (Phi) is 3.80. The predicted molar refractivity (Wildman–Crippen MR) is 51.2 cm³/mol. The summed E-state index contributed by atoms with van der Waals surface area (Å²) in [5.74, 6) is -0.276. The van der Waals surface area contributed by atoms with Gasteiger partial charge in [0, 0.05) is 24.9 Å². The fourth-order valence-corrected chi connectivity index (χ4v) is 1.27. The molecule has 0 spiro atoms. The van der Waals surface area contributed by atoms with Crippen molar-refractivity contribution in [2.75, 3.05) is 13.7 Å². The fourth-order valence-electron chi connectivity index (χ4n) is 1.27. The molecule has 0 atom stereocenters. The van der Waals surface area contributed by atoms with E-state index in [1.165, 1.54) is 26.0 Å². The quantitative estimate of drug-likeness (QED) is 0.478. The lowest BCUT2D eigenvalue weighted by molar-refractivity contribution is -0.134. The van der Waals surface area contributed by atoms with E-state index in [0.29, 0.717) is 6.04 Å². The summed E-state index contributed by atoms with van der Waals surface area (Å²) in [6.45, 7) is 3.17. The minimum absolute atomic E-state index is 0.276. The highest BCUT2D eigenvalue weighted by Crippen LogP contribution is 2.26. The Labute approximate surface area is 79.4 Å². The van der Waals surface area contributed by atoms with Crippen LogP contribution in [0.15, 0.2) is 12.3 Å². The number of esters is 1. The molecule has 0 saturated heterocycles. The van der Waals surface area contributed by atoms with Crippen LogP contribution in [0.5, 0.6) is 0 Å². The van der Waals surface area contributed by atoms with E-state index in [0.717, 1.165) is 13.0 Å². The lowest BCUT2D eigenvalue weighted by Crippen LogP contribution is -2.20. The molecule has 1 fully saturated rings. The van der Waals surface area contributed by atoms with Gasteiger partial charge in [0.05, 0.1) is 7.11 Å². The van der Waals surface area contributed by atoms with Crippen molar-refractivity contribution in [3.8, 4) is 0 Å². The van der Waals surface area contributed by atoms with E-state index in [1.807, 2.05) is 6.20 Å². The van der Waals surface area contributed by atoms with Crippen LogP contribution >= 0.6 is 0 Å². The Morgan fingerprint density at radius 2 is 2.31 bits per heavy atom. The van der Waals surface area contributed by atoms with Crippen molar-refractivity contribution < 1.29 is 9.53 Å². The first-order chi connectivity index (χ1) is 6.27. The maximum absolute atomic E-state index is 10.8. The van der Waals surface area contributed by atoms with Gasteiger partial charge in [0.15, 0.2) is 0 Å². The molecular formula is C10H17NO2. The summed E-state index contributed by atoms with van der Waals surface area (Å²) < 4.78 is 4.53. The van der Waals surface area contributed by atoms with Crippen molar-refractivity contribution >= 4 is 5.97 Å². The van der Waals surface area contributed by atoms with Crippen LogP contribution in [-0.4, -0.2) is 30.6 Å². The van der Waals surface area contributed by atoms with Gasteiger partial charge in [0.2, 0.25) is 0 Å². The second-order valence-corrected chi connectivity index (χ2v) is 3.31. The van der Waals surface area contributed by atoms with E-state index >= 15 is 0 Å². The number of carbonyl (C=O) groups excluding carboxylic acids is 1. The van der Waals surface area contributed by atoms with Gasteiger partial charge in [-0.2, -0.15) is 0 Å².